The van der Waals surface area contributed by atoms with Crippen molar-refractivity contribution in [2.45, 2.75) is 30.8 Å². The van der Waals surface area contributed by atoms with Gasteiger partial charge in [-0.2, -0.15) is 9.29 Å². The van der Waals surface area contributed by atoms with E-state index in [1.54, 1.807) is 19.1 Å². The number of aryl methyl sites for hydroxylation is 1. The van der Waals surface area contributed by atoms with Crippen molar-refractivity contribution < 1.29 is 17.7 Å². The first-order valence-corrected chi connectivity index (χ1v) is 9.67. The fourth-order valence-electron chi connectivity index (χ4n) is 2.70. The molecule has 0 radical (unpaired) electrons. The molecule has 10 heteroatoms. The molecule has 3 rings (SSSR count). The van der Waals surface area contributed by atoms with Crippen molar-refractivity contribution in [3.63, 3.8) is 0 Å². The summed E-state index contributed by atoms with van der Waals surface area (Å²) in [5.41, 5.74) is 0.306. The molecular weight excluding hydrogens is 358 g/mol. The van der Waals surface area contributed by atoms with Gasteiger partial charge in [-0.25, -0.2) is 8.42 Å². The first kappa shape index (κ1) is 18.5. The summed E-state index contributed by atoms with van der Waals surface area (Å²) < 4.78 is 31.6. The van der Waals surface area contributed by atoms with Crippen LogP contribution in [0.25, 0.3) is 0 Å². The number of rotatable bonds is 6. The number of nitrogens with zero attached hydrogens (tertiary/aromatic N) is 3. The normalized spacial score (nSPS) is 17.6. The Labute approximate surface area is 151 Å². The van der Waals surface area contributed by atoms with Gasteiger partial charge in [0.2, 0.25) is 15.9 Å². The maximum atomic E-state index is 12.8. The maximum absolute atomic E-state index is 12.8. The number of amides is 1. The van der Waals surface area contributed by atoms with Gasteiger partial charge in [0.1, 0.15) is 0 Å². The molecular formula is C16H21N5O4S. The van der Waals surface area contributed by atoms with Crippen LogP contribution in [0.5, 0.6) is 0 Å². The lowest BCUT2D eigenvalue weighted by atomic mass is 10.2. The van der Waals surface area contributed by atoms with E-state index < -0.39 is 10.0 Å². The van der Waals surface area contributed by atoms with E-state index in [0.717, 1.165) is 23.8 Å². The average Bonchev–Trinajstić information content (AvgIpc) is 3.26. The fourth-order valence-corrected chi connectivity index (χ4v) is 3.87. The van der Waals surface area contributed by atoms with Crippen molar-refractivity contribution in [1.82, 2.24) is 25.1 Å². The minimum Gasteiger partial charge on any atom is -0.348 e. The van der Waals surface area contributed by atoms with Gasteiger partial charge >= 0.3 is 0 Å². The molecule has 2 heterocycles. The number of hydrogen-bond donors (Lipinski definition) is 2. The molecule has 0 bridgehead atoms. The lowest BCUT2D eigenvalue weighted by Gasteiger charge is -2.16. The third kappa shape index (κ3) is 4.09. The second-order valence-corrected chi connectivity index (χ2v) is 8.23. The highest BCUT2D eigenvalue weighted by Gasteiger charge is 2.24. The molecule has 2 N–H and O–H groups in total. The summed E-state index contributed by atoms with van der Waals surface area (Å²) in [7, 11) is -2.38. The van der Waals surface area contributed by atoms with E-state index in [9.17, 15) is 13.2 Å². The number of carbonyl (C=O) groups is 1. The van der Waals surface area contributed by atoms with Crippen LogP contribution in [0.2, 0.25) is 0 Å². The third-order valence-electron chi connectivity index (χ3n) is 4.13. The lowest BCUT2D eigenvalue weighted by Crippen LogP contribution is -2.36. The summed E-state index contributed by atoms with van der Waals surface area (Å²) >= 11 is 0. The van der Waals surface area contributed by atoms with Gasteiger partial charge in [-0.15, -0.1) is 0 Å². The molecule has 0 aliphatic carbocycles. The number of sulfonamides is 1. The smallest absolute Gasteiger partial charge is 0.251 e. The Morgan fingerprint density at radius 2 is 2.27 bits per heavy atom. The molecule has 9 nitrogen and oxygen atoms in total. The molecule has 1 aliphatic rings. The minimum absolute atomic E-state index is 0.0356. The van der Waals surface area contributed by atoms with Crippen LogP contribution in [-0.2, 0) is 16.6 Å². The molecule has 1 amide bonds. The summed E-state index contributed by atoms with van der Waals surface area (Å²) in [4.78, 5) is 16.4. The van der Waals surface area contributed by atoms with Crippen LogP contribution in [0.3, 0.4) is 0 Å². The quantitative estimate of drug-likeness (QED) is 0.741. The Balaban J connectivity index is 1.75. The Bertz CT molecular complexity index is 890. The highest BCUT2D eigenvalue weighted by molar-refractivity contribution is 7.89. The van der Waals surface area contributed by atoms with Gasteiger partial charge in [0.25, 0.3) is 5.91 Å². The molecule has 2 aromatic rings. The molecule has 1 aromatic carbocycles. The van der Waals surface area contributed by atoms with E-state index in [4.69, 9.17) is 4.52 Å². The first-order valence-electron chi connectivity index (χ1n) is 8.23. The van der Waals surface area contributed by atoms with E-state index in [1.807, 2.05) is 0 Å². The van der Waals surface area contributed by atoms with E-state index in [-0.39, 0.29) is 29.3 Å². The number of hydrogen-bond acceptors (Lipinski definition) is 7. The predicted molar refractivity (Wildman–Crippen MR) is 92.9 cm³/mol. The average molecular weight is 379 g/mol. The van der Waals surface area contributed by atoms with Gasteiger partial charge in [0.05, 0.1) is 11.4 Å². The molecule has 26 heavy (non-hydrogen) atoms. The standard InChI is InChI=1S/C16H21N5O4S/c1-11-18-15(25-20-11)10-21(2)26(23,24)14-5-3-4-12(8-14)16(22)19-13-6-7-17-9-13/h3-5,8,13,17H,6-7,9-10H2,1-2H3,(H,19,22)/t13-/m1/s1. The molecule has 1 saturated heterocycles. The zero-order valence-corrected chi connectivity index (χ0v) is 15.4. The molecule has 140 valence electrons. The Morgan fingerprint density at radius 1 is 1.46 bits per heavy atom. The van der Waals surface area contributed by atoms with Crippen molar-refractivity contribution in [3.05, 3.63) is 41.5 Å². The third-order valence-corrected chi connectivity index (χ3v) is 5.93. The first-order chi connectivity index (χ1) is 12.4. The van der Waals surface area contributed by atoms with E-state index in [2.05, 4.69) is 20.8 Å². The highest BCUT2D eigenvalue weighted by atomic mass is 32.2. The Morgan fingerprint density at radius 3 is 2.92 bits per heavy atom. The van der Waals surface area contributed by atoms with Gasteiger partial charge in [-0.1, -0.05) is 11.2 Å². The van der Waals surface area contributed by atoms with Crippen molar-refractivity contribution in [2.75, 3.05) is 20.1 Å². The van der Waals surface area contributed by atoms with Crippen LogP contribution in [0.1, 0.15) is 28.5 Å². The maximum Gasteiger partial charge on any atom is 0.251 e. The molecule has 1 aromatic heterocycles. The highest BCUT2D eigenvalue weighted by Crippen LogP contribution is 2.18. The summed E-state index contributed by atoms with van der Waals surface area (Å²) in [6.07, 6.45) is 0.857. The molecule has 1 fully saturated rings. The van der Waals surface area contributed by atoms with E-state index >= 15 is 0 Å². The van der Waals surface area contributed by atoms with E-state index in [1.165, 1.54) is 19.2 Å². The summed E-state index contributed by atoms with van der Waals surface area (Å²) in [5, 5.41) is 9.71. The second kappa shape index (κ2) is 7.52. The van der Waals surface area contributed by atoms with Gasteiger partial charge in [-0.05, 0) is 38.1 Å². The second-order valence-electron chi connectivity index (χ2n) is 6.19. The van der Waals surface area contributed by atoms with Gasteiger partial charge in [0.15, 0.2) is 5.82 Å². The Hall–Kier alpha value is -2.30. The SMILES string of the molecule is Cc1noc(CN(C)S(=O)(=O)c2cccc(C(=O)N[C@@H]3CCNC3)c2)n1. The van der Waals surface area contributed by atoms with Gasteiger partial charge in [0, 0.05) is 25.2 Å². The van der Waals surface area contributed by atoms with Crippen molar-refractivity contribution in [2.24, 2.45) is 0 Å². The molecule has 0 unspecified atom stereocenters. The number of carbonyl (C=O) groups excluding carboxylic acids is 1. The van der Waals surface area contributed by atoms with Crippen LogP contribution in [-0.4, -0.2) is 54.9 Å². The monoisotopic (exact) mass is 379 g/mol. The number of nitrogens with one attached hydrogen (secondary N) is 2. The Kier molecular flexibility index (Phi) is 5.35. The lowest BCUT2D eigenvalue weighted by molar-refractivity contribution is 0.0940. The largest absolute Gasteiger partial charge is 0.348 e. The molecule has 1 atom stereocenters. The molecule has 0 spiro atoms. The zero-order chi connectivity index (χ0) is 18.7. The van der Waals surface area contributed by atoms with Gasteiger partial charge < -0.3 is 15.2 Å². The fraction of sp³-hybridized carbons (Fsp3) is 0.438. The van der Waals surface area contributed by atoms with Crippen LogP contribution in [0.4, 0.5) is 0 Å². The summed E-state index contributed by atoms with van der Waals surface area (Å²) in [6, 6.07) is 6.05. The number of aromatic nitrogens is 2. The van der Waals surface area contributed by atoms with Crippen LogP contribution in [0.15, 0.2) is 33.7 Å². The summed E-state index contributed by atoms with van der Waals surface area (Å²) in [5.74, 6) is 0.355. The van der Waals surface area contributed by atoms with Crippen molar-refractivity contribution in [3.8, 4) is 0 Å². The zero-order valence-electron chi connectivity index (χ0n) is 14.6. The molecule has 1 aliphatic heterocycles. The van der Waals surface area contributed by atoms with Crippen LogP contribution >= 0.6 is 0 Å². The predicted octanol–water partition coefficient (Wildman–Crippen LogP) is 0.290. The minimum atomic E-state index is -3.80. The van der Waals surface area contributed by atoms with Gasteiger partial charge in [-0.3, -0.25) is 4.79 Å². The van der Waals surface area contributed by atoms with Crippen molar-refractivity contribution >= 4 is 15.9 Å². The van der Waals surface area contributed by atoms with E-state index in [0.29, 0.717) is 11.4 Å². The molecule has 0 saturated carbocycles. The topological polar surface area (TPSA) is 117 Å². The van der Waals surface area contributed by atoms with Crippen LogP contribution < -0.4 is 10.6 Å². The van der Waals surface area contributed by atoms with Crippen LogP contribution in [0, 0.1) is 6.92 Å². The van der Waals surface area contributed by atoms with Crippen molar-refractivity contribution in [1.29, 1.82) is 0 Å². The summed E-state index contributed by atoms with van der Waals surface area (Å²) in [6.45, 7) is 3.19. The number of benzene rings is 1.